The molecule has 1 saturated carbocycles. The summed E-state index contributed by atoms with van der Waals surface area (Å²) < 4.78 is 37.5. The lowest BCUT2D eigenvalue weighted by Crippen LogP contribution is -2.07. The molecule has 0 aromatic heterocycles. The van der Waals surface area contributed by atoms with Gasteiger partial charge in [-0.15, -0.1) is 0 Å². The minimum Gasteiger partial charge on any atom is -0.294 e. The van der Waals surface area contributed by atoms with Crippen molar-refractivity contribution < 1.29 is 18.0 Å². The van der Waals surface area contributed by atoms with Crippen molar-refractivity contribution in [3.63, 3.8) is 0 Å². The van der Waals surface area contributed by atoms with E-state index in [1.807, 2.05) is 30.3 Å². The Hall–Kier alpha value is -2.10. The number of benzene rings is 2. The van der Waals surface area contributed by atoms with Crippen LogP contribution in [0.2, 0.25) is 0 Å². The maximum atomic E-state index is 12.5. The third kappa shape index (κ3) is 2.84. The molecule has 108 valence electrons. The molecule has 0 aliphatic heterocycles. The van der Waals surface area contributed by atoms with Gasteiger partial charge in [0.2, 0.25) is 0 Å². The summed E-state index contributed by atoms with van der Waals surface area (Å²) in [5.41, 5.74) is 0.739. The Balaban J connectivity index is 1.73. The minimum atomic E-state index is -4.37. The van der Waals surface area contributed by atoms with Gasteiger partial charge in [0.05, 0.1) is 5.56 Å². The lowest BCUT2D eigenvalue weighted by molar-refractivity contribution is -0.137. The van der Waals surface area contributed by atoms with Gasteiger partial charge in [-0.1, -0.05) is 42.5 Å². The number of Topliss-reactive ketones (excluding diaryl/α,β-unsaturated/α-hetero) is 1. The SMILES string of the molecule is O=C(c1ccc(C(F)(F)F)cc1)C1CC1c1ccccc1. The van der Waals surface area contributed by atoms with E-state index in [-0.39, 0.29) is 17.6 Å². The van der Waals surface area contributed by atoms with Crippen LogP contribution in [0.1, 0.15) is 33.8 Å². The maximum absolute atomic E-state index is 12.5. The second-order valence-corrected chi connectivity index (χ2v) is 5.30. The summed E-state index contributed by atoms with van der Waals surface area (Å²) in [6.45, 7) is 0. The van der Waals surface area contributed by atoms with Gasteiger partial charge in [0.1, 0.15) is 0 Å². The van der Waals surface area contributed by atoms with Gasteiger partial charge in [0.15, 0.2) is 5.78 Å². The standard InChI is InChI=1S/C17H13F3O/c18-17(19,20)13-8-6-12(7-9-13)16(21)15-10-14(15)11-4-2-1-3-5-11/h1-9,14-15H,10H2. The molecule has 0 spiro atoms. The lowest BCUT2D eigenvalue weighted by Gasteiger charge is -2.07. The molecule has 4 heteroatoms. The van der Waals surface area contributed by atoms with Gasteiger partial charge in [0, 0.05) is 11.5 Å². The van der Waals surface area contributed by atoms with Crippen molar-refractivity contribution in [2.24, 2.45) is 5.92 Å². The number of alkyl halides is 3. The average Bonchev–Trinajstić information content (AvgIpc) is 3.27. The summed E-state index contributed by atoms with van der Waals surface area (Å²) in [4.78, 5) is 12.3. The van der Waals surface area contributed by atoms with Crippen LogP contribution in [0.15, 0.2) is 54.6 Å². The van der Waals surface area contributed by atoms with Crippen molar-refractivity contribution in [1.29, 1.82) is 0 Å². The normalized spacial score (nSPS) is 21.1. The molecule has 2 unspecified atom stereocenters. The van der Waals surface area contributed by atoms with Gasteiger partial charge >= 0.3 is 6.18 Å². The Labute approximate surface area is 120 Å². The number of ketones is 1. The molecule has 21 heavy (non-hydrogen) atoms. The van der Waals surface area contributed by atoms with Gasteiger partial charge < -0.3 is 0 Å². The van der Waals surface area contributed by atoms with Crippen molar-refractivity contribution in [3.8, 4) is 0 Å². The molecule has 0 bridgehead atoms. The van der Waals surface area contributed by atoms with Gasteiger partial charge in [-0.25, -0.2) is 0 Å². The summed E-state index contributed by atoms with van der Waals surface area (Å²) >= 11 is 0. The first-order valence-corrected chi connectivity index (χ1v) is 6.73. The zero-order valence-corrected chi connectivity index (χ0v) is 11.1. The highest BCUT2D eigenvalue weighted by atomic mass is 19.4. The van der Waals surface area contributed by atoms with Crippen molar-refractivity contribution in [1.82, 2.24) is 0 Å². The van der Waals surface area contributed by atoms with Crippen LogP contribution in [0, 0.1) is 5.92 Å². The molecule has 3 rings (SSSR count). The van der Waals surface area contributed by atoms with Crippen LogP contribution < -0.4 is 0 Å². The van der Waals surface area contributed by atoms with Crippen LogP contribution in [-0.4, -0.2) is 5.78 Å². The number of halogens is 3. The molecule has 2 aromatic rings. The fourth-order valence-corrected chi connectivity index (χ4v) is 2.59. The first kappa shape index (κ1) is 13.9. The third-order valence-electron chi connectivity index (χ3n) is 3.85. The van der Waals surface area contributed by atoms with E-state index in [1.54, 1.807) is 0 Å². The summed E-state index contributed by atoms with van der Waals surface area (Å²) in [6, 6.07) is 14.2. The third-order valence-corrected chi connectivity index (χ3v) is 3.85. The van der Waals surface area contributed by atoms with Gasteiger partial charge in [0.25, 0.3) is 0 Å². The molecule has 2 aromatic carbocycles. The summed E-state index contributed by atoms with van der Waals surface area (Å²) in [7, 11) is 0. The van der Waals surface area contributed by atoms with Crippen LogP contribution in [0.25, 0.3) is 0 Å². The van der Waals surface area contributed by atoms with Gasteiger partial charge in [-0.3, -0.25) is 4.79 Å². The van der Waals surface area contributed by atoms with E-state index >= 15 is 0 Å². The van der Waals surface area contributed by atoms with Crippen LogP contribution in [0.3, 0.4) is 0 Å². The lowest BCUT2D eigenvalue weighted by atomic mass is 10.0. The minimum absolute atomic E-state index is 0.0717. The highest BCUT2D eigenvalue weighted by molar-refractivity contribution is 6.00. The van der Waals surface area contributed by atoms with Crippen LogP contribution >= 0.6 is 0 Å². The molecule has 1 fully saturated rings. The Kier molecular flexibility index (Phi) is 3.32. The molecule has 0 heterocycles. The molecule has 1 aliphatic rings. The Morgan fingerprint density at radius 1 is 0.952 bits per heavy atom. The number of carbonyl (C=O) groups excluding carboxylic acids is 1. The summed E-state index contributed by atoms with van der Waals surface area (Å²) in [5.74, 6) is 0.0164. The zero-order chi connectivity index (χ0) is 15.0. The van der Waals surface area contributed by atoms with E-state index in [0.717, 1.165) is 24.1 Å². The van der Waals surface area contributed by atoms with E-state index in [0.29, 0.717) is 5.56 Å². The first-order chi connectivity index (χ1) is 9.97. The first-order valence-electron chi connectivity index (χ1n) is 6.73. The number of hydrogen-bond donors (Lipinski definition) is 0. The zero-order valence-electron chi connectivity index (χ0n) is 11.1. The molecule has 1 aliphatic carbocycles. The smallest absolute Gasteiger partial charge is 0.294 e. The fourth-order valence-electron chi connectivity index (χ4n) is 2.59. The molecule has 0 saturated heterocycles. The summed E-state index contributed by atoms with van der Waals surface area (Å²) in [6.07, 6.45) is -3.60. The van der Waals surface area contributed by atoms with Gasteiger partial charge in [-0.05, 0) is 30.0 Å². The second kappa shape index (κ2) is 5.02. The molecule has 0 N–H and O–H groups in total. The molecular formula is C17H13F3O. The van der Waals surface area contributed by atoms with E-state index in [4.69, 9.17) is 0 Å². The van der Waals surface area contributed by atoms with Crippen molar-refractivity contribution in [3.05, 3.63) is 71.3 Å². The molecular weight excluding hydrogens is 277 g/mol. The predicted molar refractivity (Wildman–Crippen MR) is 73.1 cm³/mol. The van der Waals surface area contributed by atoms with E-state index < -0.39 is 11.7 Å². The van der Waals surface area contributed by atoms with Crippen LogP contribution in [0.5, 0.6) is 0 Å². The number of rotatable bonds is 3. The maximum Gasteiger partial charge on any atom is 0.416 e. The quantitative estimate of drug-likeness (QED) is 0.749. The Bertz CT molecular complexity index is 644. The van der Waals surface area contributed by atoms with E-state index in [1.165, 1.54) is 12.1 Å². The van der Waals surface area contributed by atoms with Crippen molar-refractivity contribution >= 4 is 5.78 Å². The monoisotopic (exact) mass is 290 g/mol. The second-order valence-electron chi connectivity index (χ2n) is 5.30. The predicted octanol–water partition coefficient (Wildman–Crippen LogP) is 4.69. The fraction of sp³-hybridized carbons (Fsp3) is 0.235. The molecule has 0 amide bonds. The van der Waals surface area contributed by atoms with E-state index in [9.17, 15) is 18.0 Å². The summed E-state index contributed by atoms with van der Waals surface area (Å²) in [5, 5.41) is 0. The number of carbonyl (C=O) groups is 1. The van der Waals surface area contributed by atoms with Gasteiger partial charge in [-0.2, -0.15) is 13.2 Å². The Morgan fingerprint density at radius 3 is 2.14 bits per heavy atom. The van der Waals surface area contributed by atoms with Crippen LogP contribution in [0.4, 0.5) is 13.2 Å². The Morgan fingerprint density at radius 2 is 1.57 bits per heavy atom. The average molecular weight is 290 g/mol. The van der Waals surface area contributed by atoms with Crippen molar-refractivity contribution in [2.45, 2.75) is 18.5 Å². The molecule has 2 atom stereocenters. The van der Waals surface area contributed by atoms with Crippen molar-refractivity contribution in [2.75, 3.05) is 0 Å². The molecule has 0 radical (unpaired) electrons. The van der Waals surface area contributed by atoms with Crippen LogP contribution in [-0.2, 0) is 6.18 Å². The highest BCUT2D eigenvalue weighted by Gasteiger charge is 2.44. The number of hydrogen-bond acceptors (Lipinski definition) is 1. The highest BCUT2D eigenvalue weighted by Crippen LogP contribution is 2.49. The molecule has 1 nitrogen and oxygen atoms in total. The van der Waals surface area contributed by atoms with E-state index in [2.05, 4.69) is 0 Å². The topological polar surface area (TPSA) is 17.1 Å². The largest absolute Gasteiger partial charge is 0.416 e.